The number of amides is 1. The van der Waals surface area contributed by atoms with E-state index >= 15 is 0 Å². The van der Waals surface area contributed by atoms with E-state index in [1.807, 2.05) is 55.5 Å². The predicted octanol–water partition coefficient (Wildman–Crippen LogP) is 3.87. The summed E-state index contributed by atoms with van der Waals surface area (Å²) in [6, 6.07) is 17.6. The van der Waals surface area contributed by atoms with Gasteiger partial charge in [-0.3, -0.25) is 9.59 Å². The van der Waals surface area contributed by atoms with Gasteiger partial charge in [0.25, 0.3) is 5.56 Å². The van der Waals surface area contributed by atoms with Crippen LogP contribution in [-0.2, 0) is 4.79 Å². The molecule has 0 bridgehead atoms. The van der Waals surface area contributed by atoms with Gasteiger partial charge in [0.15, 0.2) is 0 Å². The zero-order chi connectivity index (χ0) is 23.4. The second-order valence-corrected chi connectivity index (χ2v) is 8.31. The maximum Gasteiger partial charge on any atom is 0.267 e. The van der Waals surface area contributed by atoms with E-state index in [1.54, 1.807) is 17.9 Å². The van der Waals surface area contributed by atoms with Crippen molar-refractivity contribution in [1.82, 2.24) is 14.7 Å². The van der Waals surface area contributed by atoms with Crippen LogP contribution in [0.2, 0.25) is 5.02 Å². The fourth-order valence-electron chi connectivity index (χ4n) is 3.99. The Morgan fingerprint density at radius 3 is 2.39 bits per heavy atom. The number of aromatic nitrogens is 2. The average molecular weight is 467 g/mol. The maximum atomic E-state index is 13.2. The molecule has 172 valence electrons. The van der Waals surface area contributed by atoms with Crippen LogP contribution in [0.15, 0.2) is 65.5 Å². The van der Waals surface area contributed by atoms with Gasteiger partial charge >= 0.3 is 0 Å². The second-order valence-electron chi connectivity index (χ2n) is 7.90. The minimum atomic E-state index is -0.702. The summed E-state index contributed by atoms with van der Waals surface area (Å²) in [5.74, 6) is 0.654. The first-order valence-electron chi connectivity index (χ1n) is 11.1. The monoisotopic (exact) mass is 466 g/mol. The summed E-state index contributed by atoms with van der Waals surface area (Å²) in [5.41, 5.74) is 2.14. The standard InChI is InChI=1S/C25H27ClN4O3/c1-3-33-20-10-8-19(9-11-20)22-12-13-24(31)30(27-22)18(2)25(32)29-16-14-28(15-17-29)23-7-5-4-6-21(23)26/h4-13,18H,3,14-17H2,1-2H3. The third kappa shape index (κ3) is 5.03. The van der Waals surface area contributed by atoms with Gasteiger partial charge in [-0.15, -0.1) is 0 Å². The number of anilines is 1. The van der Waals surface area contributed by atoms with Gasteiger partial charge in [-0.25, -0.2) is 4.68 Å². The zero-order valence-electron chi connectivity index (χ0n) is 18.8. The molecular formula is C25H27ClN4O3. The normalized spacial score (nSPS) is 14.8. The number of carbonyl (C=O) groups excluding carboxylic acids is 1. The lowest BCUT2D eigenvalue weighted by Crippen LogP contribution is -2.51. The number of rotatable bonds is 6. The predicted molar refractivity (Wildman–Crippen MR) is 130 cm³/mol. The molecule has 33 heavy (non-hydrogen) atoms. The summed E-state index contributed by atoms with van der Waals surface area (Å²) in [6.45, 7) is 6.71. The highest BCUT2D eigenvalue weighted by molar-refractivity contribution is 6.33. The number of benzene rings is 2. The van der Waals surface area contributed by atoms with Crippen molar-refractivity contribution in [3.05, 3.63) is 76.0 Å². The molecule has 1 fully saturated rings. The van der Waals surface area contributed by atoms with Crippen LogP contribution in [0.5, 0.6) is 5.75 Å². The molecule has 0 radical (unpaired) electrons. The van der Waals surface area contributed by atoms with Crippen molar-refractivity contribution < 1.29 is 9.53 Å². The molecule has 3 aromatic rings. The Labute approximate surface area is 198 Å². The average Bonchev–Trinajstić information content (AvgIpc) is 2.85. The molecule has 1 aromatic heterocycles. The molecule has 1 unspecified atom stereocenters. The lowest BCUT2D eigenvalue weighted by Gasteiger charge is -2.37. The molecule has 0 spiro atoms. The van der Waals surface area contributed by atoms with Gasteiger partial charge in [0, 0.05) is 37.8 Å². The largest absolute Gasteiger partial charge is 0.494 e. The van der Waals surface area contributed by atoms with Gasteiger partial charge in [-0.05, 0) is 56.3 Å². The minimum absolute atomic E-state index is 0.118. The molecule has 0 saturated carbocycles. The first-order valence-corrected chi connectivity index (χ1v) is 11.5. The van der Waals surface area contributed by atoms with E-state index < -0.39 is 6.04 Å². The summed E-state index contributed by atoms with van der Waals surface area (Å²) in [4.78, 5) is 29.7. The van der Waals surface area contributed by atoms with E-state index in [4.69, 9.17) is 16.3 Å². The third-order valence-electron chi connectivity index (χ3n) is 5.79. The molecule has 8 heteroatoms. The highest BCUT2D eigenvalue weighted by atomic mass is 35.5. The van der Waals surface area contributed by atoms with E-state index in [0.717, 1.165) is 17.0 Å². The number of piperazine rings is 1. The lowest BCUT2D eigenvalue weighted by atomic mass is 10.1. The van der Waals surface area contributed by atoms with Crippen LogP contribution in [0, 0.1) is 0 Å². The molecule has 0 aliphatic carbocycles. The van der Waals surface area contributed by atoms with E-state index in [-0.39, 0.29) is 11.5 Å². The van der Waals surface area contributed by atoms with Crippen molar-refractivity contribution in [3.8, 4) is 17.0 Å². The van der Waals surface area contributed by atoms with Crippen LogP contribution >= 0.6 is 11.6 Å². The van der Waals surface area contributed by atoms with Crippen LogP contribution < -0.4 is 15.2 Å². The van der Waals surface area contributed by atoms with Gasteiger partial charge in [0.1, 0.15) is 11.8 Å². The van der Waals surface area contributed by atoms with Crippen molar-refractivity contribution >= 4 is 23.2 Å². The number of halogens is 1. The van der Waals surface area contributed by atoms with Gasteiger partial charge < -0.3 is 14.5 Å². The van der Waals surface area contributed by atoms with E-state index in [9.17, 15) is 9.59 Å². The molecule has 1 aliphatic rings. The molecule has 1 aliphatic heterocycles. The Balaban J connectivity index is 1.47. The summed E-state index contributed by atoms with van der Waals surface area (Å²) < 4.78 is 6.75. The second kappa shape index (κ2) is 10.1. The third-order valence-corrected chi connectivity index (χ3v) is 6.11. The van der Waals surface area contributed by atoms with Crippen LogP contribution in [0.3, 0.4) is 0 Å². The molecular weight excluding hydrogens is 440 g/mol. The number of hydrogen-bond donors (Lipinski definition) is 0. The Hall–Kier alpha value is -3.32. The Bertz CT molecular complexity index is 1170. The van der Waals surface area contributed by atoms with Gasteiger partial charge in [0.05, 0.1) is 23.0 Å². The fourth-order valence-corrected chi connectivity index (χ4v) is 4.25. The Morgan fingerprint density at radius 1 is 1.03 bits per heavy atom. The van der Waals surface area contributed by atoms with Crippen molar-refractivity contribution in [2.45, 2.75) is 19.9 Å². The molecule has 2 aromatic carbocycles. The highest BCUT2D eigenvalue weighted by Crippen LogP contribution is 2.26. The van der Waals surface area contributed by atoms with Gasteiger partial charge in [-0.2, -0.15) is 5.10 Å². The lowest BCUT2D eigenvalue weighted by molar-refractivity contribution is -0.135. The van der Waals surface area contributed by atoms with Crippen LogP contribution in [-0.4, -0.2) is 53.4 Å². The smallest absolute Gasteiger partial charge is 0.267 e. The van der Waals surface area contributed by atoms with Crippen LogP contribution in [0.25, 0.3) is 11.3 Å². The quantitative estimate of drug-likeness (QED) is 0.551. The Morgan fingerprint density at radius 2 is 1.73 bits per heavy atom. The minimum Gasteiger partial charge on any atom is -0.494 e. The van der Waals surface area contributed by atoms with E-state index in [0.29, 0.717) is 43.5 Å². The maximum absolute atomic E-state index is 13.2. The highest BCUT2D eigenvalue weighted by Gasteiger charge is 2.27. The first-order chi connectivity index (χ1) is 16.0. The van der Waals surface area contributed by atoms with E-state index in [2.05, 4.69) is 10.00 Å². The molecule has 0 N–H and O–H groups in total. The summed E-state index contributed by atoms with van der Waals surface area (Å²) in [5, 5.41) is 5.20. The number of carbonyl (C=O) groups is 1. The Kier molecular flexibility index (Phi) is 6.99. The molecule has 1 atom stereocenters. The topological polar surface area (TPSA) is 67.7 Å². The molecule has 1 saturated heterocycles. The molecule has 7 nitrogen and oxygen atoms in total. The summed E-state index contributed by atoms with van der Waals surface area (Å²) in [6.07, 6.45) is 0. The van der Waals surface area contributed by atoms with Crippen molar-refractivity contribution in [1.29, 1.82) is 0 Å². The number of nitrogens with zero attached hydrogens (tertiary/aromatic N) is 4. The van der Waals surface area contributed by atoms with Crippen molar-refractivity contribution in [2.75, 3.05) is 37.7 Å². The van der Waals surface area contributed by atoms with Crippen LogP contribution in [0.1, 0.15) is 19.9 Å². The van der Waals surface area contributed by atoms with Crippen LogP contribution in [0.4, 0.5) is 5.69 Å². The molecule has 2 heterocycles. The van der Waals surface area contributed by atoms with Crippen molar-refractivity contribution in [2.24, 2.45) is 0 Å². The van der Waals surface area contributed by atoms with Gasteiger partial charge in [-0.1, -0.05) is 23.7 Å². The van der Waals surface area contributed by atoms with Crippen molar-refractivity contribution in [3.63, 3.8) is 0 Å². The van der Waals surface area contributed by atoms with Gasteiger partial charge in [0.2, 0.25) is 5.91 Å². The van der Waals surface area contributed by atoms with E-state index in [1.165, 1.54) is 10.7 Å². The fraction of sp³-hybridized carbons (Fsp3) is 0.320. The first kappa shape index (κ1) is 22.9. The summed E-state index contributed by atoms with van der Waals surface area (Å²) >= 11 is 6.32. The number of hydrogen-bond acceptors (Lipinski definition) is 5. The zero-order valence-corrected chi connectivity index (χ0v) is 19.5. The molecule has 1 amide bonds. The SMILES string of the molecule is CCOc1ccc(-c2ccc(=O)n(C(C)C(=O)N3CCN(c4ccccc4Cl)CC3)n2)cc1. The molecule has 4 rings (SSSR count). The summed E-state index contributed by atoms with van der Waals surface area (Å²) in [7, 11) is 0. The number of para-hydroxylation sites is 1. The number of ether oxygens (including phenoxy) is 1.